The van der Waals surface area contributed by atoms with Gasteiger partial charge in [-0.25, -0.2) is 4.79 Å². The number of hydrogen-bond donors (Lipinski definition) is 4. The number of aliphatic hydroxyl groups excluding tert-OH is 3. The fraction of sp³-hybridized carbons (Fsp3) is 0.294. The van der Waals surface area contributed by atoms with Crippen molar-refractivity contribution in [2.24, 2.45) is 0 Å². The molecule has 1 aliphatic rings. The number of nitrogens with one attached hydrogen (secondary N) is 1. The highest BCUT2D eigenvalue weighted by atomic mass is 16.6. The molecule has 25 heavy (non-hydrogen) atoms. The Bertz CT molecular complexity index is 952. The van der Waals surface area contributed by atoms with Gasteiger partial charge in [-0.05, 0) is 11.6 Å². The molecular weight excluding hydrogens is 326 g/mol. The smallest absolute Gasteiger partial charge is 0.351 e. The summed E-state index contributed by atoms with van der Waals surface area (Å²) in [6.07, 6.45) is -3.14. The summed E-state index contributed by atoms with van der Waals surface area (Å²) in [5.74, 6) is 0. The molecule has 3 aromatic rings. The maximum absolute atomic E-state index is 12.3. The summed E-state index contributed by atoms with van der Waals surface area (Å²) in [5, 5.41) is 29.8. The molecule has 2 aromatic heterocycles. The van der Waals surface area contributed by atoms with Gasteiger partial charge >= 0.3 is 5.69 Å². The van der Waals surface area contributed by atoms with E-state index in [-0.39, 0.29) is 0 Å². The van der Waals surface area contributed by atoms with E-state index < -0.39 is 36.8 Å². The van der Waals surface area contributed by atoms with Crippen LogP contribution in [0.25, 0.3) is 22.3 Å². The molecule has 130 valence electrons. The normalized spacial score (nSPS) is 26.4. The molecule has 4 rings (SSSR count). The van der Waals surface area contributed by atoms with Gasteiger partial charge in [0.05, 0.1) is 6.61 Å². The van der Waals surface area contributed by atoms with Crippen LogP contribution in [0.4, 0.5) is 0 Å². The number of ether oxygens (including phenoxy) is 1. The molecule has 1 aromatic carbocycles. The van der Waals surface area contributed by atoms with Gasteiger partial charge in [0.25, 0.3) is 0 Å². The number of H-pyrrole nitrogens is 1. The minimum absolute atomic E-state index is 0.423. The molecule has 0 aliphatic carbocycles. The molecule has 8 heteroatoms. The Balaban J connectivity index is 1.76. The summed E-state index contributed by atoms with van der Waals surface area (Å²) in [4.78, 5) is 19.4. The van der Waals surface area contributed by atoms with Crippen LogP contribution in [0.2, 0.25) is 0 Å². The van der Waals surface area contributed by atoms with Crippen molar-refractivity contribution in [2.45, 2.75) is 24.5 Å². The molecule has 1 saturated heterocycles. The van der Waals surface area contributed by atoms with E-state index in [1.165, 1.54) is 6.20 Å². The maximum Gasteiger partial charge on any atom is 0.351 e. The van der Waals surface area contributed by atoms with E-state index in [4.69, 9.17) is 4.74 Å². The lowest BCUT2D eigenvalue weighted by molar-refractivity contribution is -0.0547. The van der Waals surface area contributed by atoms with Gasteiger partial charge in [0, 0.05) is 17.3 Å². The van der Waals surface area contributed by atoms with Crippen LogP contribution in [-0.2, 0) is 4.74 Å². The van der Waals surface area contributed by atoms with Crippen LogP contribution in [0.15, 0.2) is 47.4 Å². The molecule has 4 N–H and O–H groups in total. The zero-order valence-electron chi connectivity index (χ0n) is 13.1. The molecule has 0 amide bonds. The monoisotopic (exact) mass is 343 g/mol. The van der Waals surface area contributed by atoms with Gasteiger partial charge in [0.2, 0.25) is 0 Å². The van der Waals surface area contributed by atoms with Crippen molar-refractivity contribution >= 4 is 11.0 Å². The number of aliphatic hydroxyl groups is 3. The van der Waals surface area contributed by atoms with Gasteiger partial charge in [-0.1, -0.05) is 30.3 Å². The minimum Gasteiger partial charge on any atom is -0.394 e. The van der Waals surface area contributed by atoms with Crippen molar-refractivity contribution < 1.29 is 20.1 Å². The molecule has 0 bridgehead atoms. The molecule has 0 saturated carbocycles. The SMILES string of the molecule is O=c1nc2[nH]c(-c3ccccc3)cc2cn1[C@@H]1O[C@H](CO)[C@@H](O)[C@@H]1O. The first-order valence-corrected chi connectivity index (χ1v) is 7.88. The number of aromatic nitrogens is 3. The lowest BCUT2D eigenvalue weighted by Gasteiger charge is -2.16. The van der Waals surface area contributed by atoms with E-state index in [2.05, 4.69) is 9.97 Å². The van der Waals surface area contributed by atoms with Crippen LogP contribution in [0, 0.1) is 0 Å². The summed E-state index contributed by atoms with van der Waals surface area (Å²) >= 11 is 0. The third kappa shape index (κ3) is 2.65. The van der Waals surface area contributed by atoms with Gasteiger partial charge < -0.3 is 25.0 Å². The van der Waals surface area contributed by atoms with Crippen LogP contribution in [0.3, 0.4) is 0 Å². The predicted molar refractivity (Wildman–Crippen MR) is 88.8 cm³/mol. The highest BCUT2D eigenvalue weighted by Crippen LogP contribution is 2.29. The zero-order chi connectivity index (χ0) is 17.6. The topological polar surface area (TPSA) is 121 Å². The van der Waals surface area contributed by atoms with Crippen LogP contribution in [0.5, 0.6) is 0 Å². The lowest BCUT2D eigenvalue weighted by atomic mass is 10.1. The van der Waals surface area contributed by atoms with Gasteiger partial charge in [-0.3, -0.25) is 4.57 Å². The number of nitrogens with zero attached hydrogens (tertiary/aromatic N) is 2. The van der Waals surface area contributed by atoms with E-state index in [0.717, 1.165) is 15.8 Å². The minimum atomic E-state index is -1.33. The summed E-state index contributed by atoms with van der Waals surface area (Å²) in [5.41, 5.74) is 1.56. The Hall–Kier alpha value is -2.52. The van der Waals surface area contributed by atoms with Crippen molar-refractivity contribution in [3.8, 4) is 11.3 Å². The van der Waals surface area contributed by atoms with Gasteiger partial charge in [-0.2, -0.15) is 4.98 Å². The first kappa shape index (κ1) is 16.0. The van der Waals surface area contributed by atoms with E-state index in [1.54, 1.807) is 0 Å². The molecule has 0 radical (unpaired) electrons. The van der Waals surface area contributed by atoms with Crippen LogP contribution in [0.1, 0.15) is 6.23 Å². The van der Waals surface area contributed by atoms with Crippen LogP contribution < -0.4 is 5.69 Å². The summed E-state index contributed by atoms with van der Waals surface area (Å²) in [6, 6.07) is 11.4. The Labute approximate surface area is 142 Å². The lowest BCUT2D eigenvalue weighted by Crippen LogP contribution is -2.35. The first-order valence-electron chi connectivity index (χ1n) is 7.88. The molecule has 3 heterocycles. The molecule has 1 aliphatic heterocycles. The summed E-state index contributed by atoms with van der Waals surface area (Å²) in [6.45, 7) is -0.457. The summed E-state index contributed by atoms with van der Waals surface area (Å²) < 4.78 is 6.54. The van der Waals surface area contributed by atoms with E-state index in [9.17, 15) is 20.1 Å². The third-order valence-corrected chi connectivity index (χ3v) is 4.41. The van der Waals surface area contributed by atoms with Gasteiger partial charge in [0.1, 0.15) is 24.0 Å². The first-order chi connectivity index (χ1) is 12.1. The summed E-state index contributed by atoms with van der Waals surface area (Å²) in [7, 11) is 0. The van der Waals surface area contributed by atoms with Crippen molar-refractivity contribution in [1.82, 2.24) is 14.5 Å². The highest BCUT2D eigenvalue weighted by Gasteiger charge is 2.43. The Morgan fingerprint density at radius 2 is 1.96 bits per heavy atom. The standard InChI is InChI=1S/C17H17N3O5/c21-8-12-13(22)14(23)16(25-12)20-7-10-6-11(9-4-2-1-3-5-9)18-15(10)19-17(20)24/h1-7,12-14,16,21-23H,8H2,(H,18,19,24)/t12-,13-,14+,16-/m1/s1. The van der Waals surface area contributed by atoms with E-state index in [1.807, 2.05) is 36.4 Å². The number of hydrogen-bond acceptors (Lipinski definition) is 6. The molecule has 0 spiro atoms. The molecule has 8 nitrogen and oxygen atoms in total. The van der Waals surface area contributed by atoms with Crippen molar-refractivity contribution in [1.29, 1.82) is 0 Å². The molecule has 0 unspecified atom stereocenters. The second kappa shape index (κ2) is 6.08. The molecule has 4 atom stereocenters. The van der Waals surface area contributed by atoms with Gasteiger partial charge in [0.15, 0.2) is 6.23 Å². The van der Waals surface area contributed by atoms with Gasteiger partial charge in [-0.15, -0.1) is 0 Å². The number of aromatic amines is 1. The number of benzene rings is 1. The molecule has 1 fully saturated rings. The Morgan fingerprint density at radius 1 is 1.20 bits per heavy atom. The van der Waals surface area contributed by atoms with Crippen molar-refractivity contribution in [3.63, 3.8) is 0 Å². The van der Waals surface area contributed by atoms with Crippen molar-refractivity contribution in [2.75, 3.05) is 6.61 Å². The van der Waals surface area contributed by atoms with E-state index in [0.29, 0.717) is 11.0 Å². The zero-order valence-corrected chi connectivity index (χ0v) is 13.1. The Kier molecular flexibility index (Phi) is 3.89. The fourth-order valence-electron chi connectivity index (χ4n) is 3.07. The number of fused-ring (bicyclic) bond motifs is 1. The number of rotatable bonds is 3. The second-order valence-corrected chi connectivity index (χ2v) is 6.01. The van der Waals surface area contributed by atoms with E-state index >= 15 is 0 Å². The van der Waals surface area contributed by atoms with Crippen molar-refractivity contribution in [3.05, 3.63) is 53.1 Å². The third-order valence-electron chi connectivity index (χ3n) is 4.41. The molecular formula is C17H17N3O5. The quantitative estimate of drug-likeness (QED) is 0.531. The van der Waals surface area contributed by atoms with Crippen LogP contribution >= 0.6 is 0 Å². The maximum atomic E-state index is 12.3. The largest absolute Gasteiger partial charge is 0.394 e. The Morgan fingerprint density at radius 3 is 2.64 bits per heavy atom. The van der Waals surface area contributed by atoms with Crippen LogP contribution in [-0.4, -0.2) is 54.8 Å². The second-order valence-electron chi connectivity index (χ2n) is 6.01. The fourth-order valence-corrected chi connectivity index (χ4v) is 3.07. The average Bonchev–Trinajstić information content (AvgIpc) is 3.16. The average molecular weight is 343 g/mol. The predicted octanol–water partition coefficient (Wildman–Crippen LogP) is 0.00310. The highest BCUT2D eigenvalue weighted by molar-refractivity contribution is 5.82.